The van der Waals surface area contributed by atoms with E-state index in [1.807, 2.05) is 18.2 Å². The van der Waals surface area contributed by atoms with Gasteiger partial charge in [0.15, 0.2) is 0 Å². The van der Waals surface area contributed by atoms with Crippen LogP contribution in [0.15, 0.2) is 18.2 Å². The quantitative estimate of drug-likeness (QED) is 0.815. The second-order valence-electron chi connectivity index (χ2n) is 4.70. The van der Waals surface area contributed by atoms with Gasteiger partial charge < -0.3 is 4.74 Å². The molecule has 17 heavy (non-hydrogen) atoms. The van der Waals surface area contributed by atoms with Gasteiger partial charge in [0.25, 0.3) is 0 Å². The predicted molar refractivity (Wildman–Crippen MR) is 66.3 cm³/mol. The number of benzene rings is 1. The third-order valence-corrected chi connectivity index (χ3v) is 3.97. The first-order chi connectivity index (χ1) is 8.25. The summed E-state index contributed by atoms with van der Waals surface area (Å²) in [6.07, 6.45) is 4.12. The monoisotopic (exact) mass is 251 g/mol. The van der Waals surface area contributed by atoms with Gasteiger partial charge in [-0.2, -0.15) is 0 Å². The molecule has 1 amide bonds. The van der Waals surface area contributed by atoms with E-state index in [1.165, 1.54) is 12.8 Å². The summed E-state index contributed by atoms with van der Waals surface area (Å²) in [4.78, 5) is 11.5. The minimum absolute atomic E-state index is 0.171. The van der Waals surface area contributed by atoms with Crippen LogP contribution in [-0.2, 0) is 4.74 Å². The van der Waals surface area contributed by atoms with Crippen LogP contribution >= 0.6 is 11.6 Å². The Morgan fingerprint density at radius 3 is 2.82 bits per heavy atom. The second kappa shape index (κ2) is 4.22. The van der Waals surface area contributed by atoms with Crippen molar-refractivity contribution in [1.29, 1.82) is 0 Å². The van der Waals surface area contributed by atoms with Crippen molar-refractivity contribution in [2.75, 3.05) is 5.32 Å². The van der Waals surface area contributed by atoms with Gasteiger partial charge in [0.1, 0.15) is 6.10 Å². The van der Waals surface area contributed by atoms with Crippen LogP contribution in [0.4, 0.5) is 10.5 Å². The van der Waals surface area contributed by atoms with Gasteiger partial charge in [-0.15, -0.1) is 0 Å². The second-order valence-corrected chi connectivity index (χ2v) is 5.10. The van der Waals surface area contributed by atoms with Gasteiger partial charge in [0.05, 0.1) is 5.69 Å². The Balaban J connectivity index is 2.03. The third kappa shape index (κ3) is 1.89. The first-order valence-corrected chi connectivity index (χ1v) is 6.39. The van der Waals surface area contributed by atoms with Crippen molar-refractivity contribution in [3.8, 4) is 0 Å². The van der Waals surface area contributed by atoms with Crippen molar-refractivity contribution in [3.63, 3.8) is 0 Å². The fourth-order valence-corrected chi connectivity index (χ4v) is 3.12. The molecule has 1 heterocycles. The minimum Gasteiger partial charge on any atom is -0.441 e. The highest BCUT2D eigenvalue weighted by Crippen LogP contribution is 2.45. The Labute approximate surface area is 105 Å². The van der Waals surface area contributed by atoms with E-state index in [0.717, 1.165) is 24.1 Å². The number of carbonyl (C=O) groups excluding carboxylic acids is 1. The molecule has 3 nitrogen and oxygen atoms in total. The Bertz CT molecular complexity index is 455. The van der Waals surface area contributed by atoms with Crippen LogP contribution in [0.1, 0.15) is 37.4 Å². The normalized spacial score (nSPS) is 24.1. The van der Waals surface area contributed by atoms with Crippen molar-refractivity contribution >= 4 is 23.4 Å². The van der Waals surface area contributed by atoms with Crippen LogP contribution in [0.25, 0.3) is 0 Å². The lowest BCUT2D eigenvalue weighted by Gasteiger charge is -2.30. The van der Waals surface area contributed by atoms with Crippen molar-refractivity contribution in [2.45, 2.75) is 31.8 Å². The zero-order chi connectivity index (χ0) is 11.8. The number of fused-ring (bicyclic) bond motifs is 1. The van der Waals surface area contributed by atoms with Crippen molar-refractivity contribution in [1.82, 2.24) is 0 Å². The van der Waals surface area contributed by atoms with E-state index in [2.05, 4.69) is 5.32 Å². The molecule has 1 atom stereocenters. The minimum atomic E-state index is -0.364. The van der Waals surface area contributed by atoms with Crippen molar-refractivity contribution < 1.29 is 9.53 Å². The molecule has 2 aliphatic rings. The van der Waals surface area contributed by atoms with E-state index in [-0.39, 0.29) is 12.2 Å². The number of cyclic esters (lactones) is 1. The molecular weight excluding hydrogens is 238 g/mol. The number of hydrogen-bond donors (Lipinski definition) is 1. The summed E-state index contributed by atoms with van der Waals surface area (Å²) in [5.41, 5.74) is 1.74. The molecule has 1 N–H and O–H groups in total. The summed E-state index contributed by atoms with van der Waals surface area (Å²) in [5, 5.41) is 3.39. The molecule has 0 bridgehead atoms. The molecule has 1 aliphatic heterocycles. The molecule has 0 saturated heterocycles. The molecule has 1 fully saturated rings. The lowest BCUT2D eigenvalue weighted by Crippen LogP contribution is -2.28. The molecule has 1 saturated carbocycles. The van der Waals surface area contributed by atoms with Crippen LogP contribution in [0.2, 0.25) is 5.02 Å². The van der Waals surface area contributed by atoms with Gasteiger partial charge in [-0.05, 0) is 25.0 Å². The van der Waals surface area contributed by atoms with Gasteiger partial charge in [-0.25, -0.2) is 4.79 Å². The predicted octanol–water partition coefficient (Wildman–Crippen LogP) is 4.13. The number of amides is 1. The molecule has 3 rings (SSSR count). The maximum atomic E-state index is 11.5. The van der Waals surface area contributed by atoms with Gasteiger partial charge in [0, 0.05) is 16.5 Å². The lowest BCUT2D eigenvalue weighted by molar-refractivity contribution is 0.0687. The van der Waals surface area contributed by atoms with E-state index in [1.54, 1.807) is 0 Å². The fraction of sp³-hybridized carbons (Fsp3) is 0.462. The summed E-state index contributed by atoms with van der Waals surface area (Å²) in [6.45, 7) is 0. The highest BCUT2D eigenvalue weighted by atomic mass is 35.5. The van der Waals surface area contributed by atoms with Crippen LogP contribution < -0.4 is 5.32 Å². The lowest BCUT2D eigenvalue weighted by atomic mass is 9.92. The van der Waals surface area contributed by atoms with E-state index >= 15 is 0 Å². The number of halogens is 1. The van der Waals surface area contributed by atoms with Gasteiger partial charge >= 0.3 is 6.09 Å². The average molecular weight is 252 g/mol. The Morgan fingerprint density at radius 2 is 2.06 bits per heavy atom. The highest BCUT2D eigenvalue weighted by molar-refractivity contribution is 6.32. The van der Waals surface area contributed by atoms with Crippen molar-refractivity contribution in [3.05, 3.63) is 28.8 Å². The highest BCUT2D eigenvalue weighted by Gasteiger charge is 2.35. The zero-order valence-electron chi connectivity index (χ0n) is 9.41. The summed E-state index contributed by atoms with van der Waals surface area (Å²) in [7, 11) is 0. The first kappa shape index (κ1) is 10.9. The Kier molecular flexibility index (Phi) is 2.71. The van der Waals surface area contributed by atoms with Gasteiger partial charge in [0.2, 0.25) is 0 Å². The van der Waals surface area contributed by atoms with Crippen molar-refractivity contribution in [2.24, 2.45) is 5.92 Å². The number of anilines is 1. The molecule has 0 radical (unpaired) electrons. The standard InChI is InChI=1S/C13H14ClNO2/c14-9-6-3-7-10-11(9)12(17-13(16)15-10)8-4-1-2-5-8/h3,6-8,12H,1-2,4-5H2,(H,15,16). The Hall–Kier alpha value is -1.22. The SMILES string of the molecule is O=C1Nc2cccc(Cl)c2C(C2CCCC2)O1. The summed E-state index contributed by atoms with van der Waals surface area (Å²) < 4.78 is 5.44. The van der Waals surface area contributed by atoms with E-state index < -0.39 is 0 Å². The van der Waals surface area contributed by atoms with E-state index in [0.29, 0.717) is 10.9 Å². The average Bonchev–Trinajstić information content (AvgIpc) is 2.81. The van der Waals surface area contributed by atoms with Crippen LogP contribution in [0.3, 0.4) is 0 Å². The fourth-order valence-electron chi connectivity index (χ4n) is 2.84. The number of hydrogen-bond acceptors (Lipinski definition) is 2. The number of nitrogens with one attached hydrogen (secondary N) is 1. The zero-order valence-corrected chi connectivity index (χ0v) is 10.2. The molecule has 1 aliphatic carbocycles. The van der Waals surface area contributed by atoms with Gasteiger partial charge in [-0.3, -0.25) is 5.32 Å². The molecule has 90 valence electrons. The maximum Gasteiger partial charge on any atom is 0.412 e. The summed E-state index contributed by atoms with van der Waals surface area (Å²) in [5.74, 6) is 0.416. The van der Waals surface area contributed by atoms with Gasteiger partial charge in [-0.1, -0.05) is 30.5 Å². The molecule has 0 spiro atoms. The van der Waals surface area contributed by atoms with Crippen LogP contribution in [0, 0.1) is 5.92 Å². The van der Waals surface area contributed by atoms with E-state index in [9.17, 15) is 4.79 Å². The first-order valence-electron chi connectivity index (χ1n) is 6.02. The van der Waals surface area contributed by atoms with E-state index in [4.69, 9.17) is 16.3 Å². The largest absolute Gasteiger partial charge is 0.441 e. The molecule has 0 aromatic heterocycles. The van der Waals surface area contributed by atoms with Crippen LogP contribution in [0.5, 0.6) is 0 Å². The smallest absolute Gasteiger partial charge is 0.412 e. The molecule has 4 heteroatoms. The number of ether oxygens (including phenoxy) is 1. The molecular formula is C13H14ClNO2. The molecule has 1 aromatic carbocycles. The summed E-state index contributed by atoms with van der Waals surface area (Å²) >= 11 is 6.23. The number of rotatable bonds is 1. The molecule has 1 aromatic rings. The number of carbonyl (C=O) groups is 1. The molecule has 1 unspecified atom stereocenters. The topological polar surface area (TPSA) is 38.3 Å². The summed E-state index contributed by atoms with van der Waals surface area (Å²) in [6, 6.07) is 5.57. The Morgan fingerprint density at radius 1 is 1.29 bits per heavy atom. The third-order valence-electron chi connectivity index (χ3n) is 3.64. The van der Waals surface area contributed by atoms with Crippen LogP contribution in [-0.4, -0.2) is 6.09 Å². The maximum absolute atomic E-state index is 11.5.